The average molecular weight is 229 g/mol. The molecule has 0 aliphatic heterocycles. The fraction of sp³-hybridized carbons (Fsp3) is 0.222. The van der Waals surface area contributed by atoms with Gasteiger partial charge in [-0.2, -0.15) is 0 Å². The van der Waals surface area contributed by atoms with Crippen molar-refractivity contribution < 1.29 is 9.53 Å². The first-order valence-electron chi connectivity index (χ1n) is 3.65. The topological polar surface area (TPSA) is 26.3 Å². The van der Waals surface area contributed by atoms with E-state index in [0.29, 0.717) is 13.0 Å². The third kappa shape index (κ3) is 3.53. The lowest BCUT2D eigenvalue weighted by molar-refractivity contribution is -0.110. The van der Waals surface area contributed by atoms with Gasteiger partial charge in [0, 0.05) is 0 Å². The molecule has 0 fully saturated rings. The second-order valence-corrected chi connectivity index (χ2v) is 3.15. The van der Waals surface area contributed by atoms with Crippen LogP contribution in [0.15, 0.2) is 30.3 Å². The molecular weight excluding hydrogens is 220 g/mol. The maximum atomic E-state index is 10.5. The Morgan fingerprint density at radius 1 is 1.33 bits per heavy atom. The summed E-state index contributed by atoms with van der Waals surface area (Å²) in [6.07, 6.45) is 0.398. The lowest BCUT2D eigenvalue weighted by Gasteiger charge is -2.02. The van der Waals surface area contributed by atoms with Crippen LogP contribution in [0.1, 0.15) is 6.42 Å². The van der Waals surface area contributed by atoms with E-state index in [1.807, 2.05) is 30.3 Å². The Balaban J connectivity index is 2.29. The molecule has 12 heavy (non-hydrogen) atoms. The fourth-order valence-electron chi connectivity index (χ4n) is 0.766. The largest absolute Gasteiger partial charge is 0.493 e. The van der Waals surface area contributed by atoms with E-state index >= 15 is 0 Å². The van der Waals surface area contributed by atoms with Gasteiger partial charge in [-0.3, -0.25) is 4.79 Å². The molecule has 1 aromatic rings. The molecule has 0 saturated carbocycles. The average Bonchev–Trinajstić information content (AvgIpc) is 2.05. The molecule has 2 nitrogen and oxygen atoms in total. The highest BCUT2D eigenvalue weighted by Crippen LogP contribution is 2.08. The van der Waals surface area contributed by atoms with Crippen LogP contribution in [-0.2, 0) is 4.79 Å². The van der Waals surface area contributed by atoms with Crippen LogP contribution < -0.4 is 4.74 Å². The molecular formula is C9H9BrO2. The Morgan fingerprint density at radius 2 is 2.00 bits per heavy atom. The highest BCUT2D eigenvalue weighted by molar-refractivity contribution is 9.18. The van der Waals surface area contributed by atoms with Gasteiger partial charge in [-0.05, 0) is 28.1 Å². The molecule has 0 aliphatic rings. The van der Waals surface area contributed by atoms with E-state index in [0.717, 1.165) is 5.75 Å². The van der Waals surface area contributed by atoms with Crippen molar-refractivity contribution in [2.75, 3.05) is 6.61 Å². The first-order valence-corrected chi connectivity index (χ1v) is 4.44. The van der Waals surface area contributed by atoms with Crippen molar-refractivity contribution in [2.45, 2.75) is 6.42 Å². The third-order valence-corrected chi connectivity index (χ3v) is 1.71. The number of hydrogen-bond donors (Lipinski definition) is 0. The molecule has 0 amide bonds. The molecule has 0 saturated heterocycles. The lowest BCUT2D eigenvalue weighted by atomic mass is 10.3. The Hall–Kier alpha value is -0.830. The SMILES string of the molecule is O=C(Br)CCOc1ccccc1. The summed E-state index contributed by atoms with van der Waals surface area (Å²) in [6, 6.07) is 9.43. The number of carbonyl (C=O) groups excluding carboxylic acids is 1. The van der Waals surface area contributed by atoms with E-state index in [2.05, 4.69) is 15.9 Å². The molecule has 0 N–H and O–H groups in total. The zero-order valence-corrected chi connectivity index (χ0v) is 8.08. The summed E-state index contributed by atoms with van der Waals surface area (Å²) in [5.74, 6) is 0.797. The first-order chi connectivity index (χ1) is 5.79. The van der Waals surface area contributed by atoms with Crippen molar-refractivity contribution in [3.8, 4) is 5.75 Å². The van der Waals surface area contributed by atoms with Crippen LogP contribution in [0, 0.1) is 0 Å². The van der Waals surface area contributed by atoms with Gasteiger partial charge in [0.25, 0.3) is 0 Å². The van der Waals surface area contributed by atoms with Crippen LogP contribution in [0.25, 0.3) is 0 Å². The molecule has 1 aromatic carbocycles. The molecule has 0 aliphatic carbocycles. The quantitative estimate of drug-likeness (QED) is 0.741. The summed E-state index contributed by atoms with van der Waals surface area (Å²) >= 11 is 2.83. The maximum Gasteiger partial charge on any atom is 0.201 e. The molecule has 0 radical (unpaired) electrons. The Labute approximate surface area is 79.7 Å². The van der Waals surface area contributed by atoms with Gasteiger partial charge in [0.15, 0.2) is 0 Å². The van der Waals surface area contributed by atoms with Gasteiger partial charge >= 0.3 is 0 Å². The molecule has 1 rings (SSSR count). The van der Waals surface area contributed by atoms with Crippen molar-refractivity contribution >= 4 is 20.6 Å². The van der Waals surface area contributed by atoms with Crippen LogP contribution in [0.5, 0.6) is 5.75 Å². The van der Waals surface area contributed by atoms with E-state index in [1.165, 1.54) is 0 Å². The normalized spacial score (nSPS) is 9.42. The molecule has 0 heterocycles. The van der Waals surface area contributed by atoms with Gasteiger partial charge in [0.2, 0.25) is 4.69 Å². The van der Waals surface area contributed by atoms with Gasteiger partial charge in [-0.15, -0.1) is 0 Å². The van der Waals surface area contributed by atoms with E-state index < -0.39 is 0 Å². The summed E-state index contributed by atoms with van der Waals surface area (Å²) in [4.78, 5) is 10.5. The predicted octanol–water partition coefficient (Wildman–Crippen LogP) is 2.38. The summed E-state index contributed by atoms with van der Waals surface area (Å²) in [6.45, 7) is 0.425. The van der Waals surface area contributed by atoms with Gasteiger partial charge in [-0.25, -0.2) is 0 Å². The van der Waals surface area contributed by atoms with Crippen molar-refractivity contribution in [3.05, 3.63) is 30.3 Å². The summed E-state index contributed by atoms with van der Waals surface area (Å²) in [7, 11) is 0. The number of carbonyl (C=O) groups is 1. The van der Waals surface area contributed by atoms with E-state index in [9.17, 15) is 4.79 Å². The second kappa shape index (κ2) is 4.93. The molecule has 3 heteroatoms. The van der Waals surface area contributed by atoms with Crippen LogP contribution in [0.4, 0.5) is 0 Å². The van der Waals surface area contributed by atoms with Gasteiger partial charge in [0.05, 0.1) is 13.0 Å². The highest BCUT2D eigenvalue weighted by atomic mass is 79.9. The first kappa shape index (κ1) is 9.26. The minimum Gasteiger partial charge on any atom is -0.493 e. The number of rotatable bonds is 4. The molecule has 0 atom stereocenters. The second-order valence-electron chi connectivity index (χ2n) is 2.27. The number of hydrogen-bond acceptors (Lipinski definition) is 2. The Morgan fingerprint density at radius 3 is 2.58 bits per heavy atom. The zero-order valence-electron chi connectivity index (χ0n) is 6.50. The monoisotopic (exact) mass is 228 g/mol. The molecule has 0 spiro atoms. The maximum absolute atomic E-state index is 10.5. The lowest BCUT2D eigenvalue weighted by Crippen LogP contribution is -2.00. The summed E-state index contributed by atoms with van der Waals surface area (Å²) < 4.78 is 5.24. The van der Waals surface area contributed by atoms with Crippen LogP contribution >= 0.6 is 15.9 Å². The smallest absolute Gasteiger partial charge is 0.201 e. The van der Waals surface area contributed by atoms with Gasteiger partial charge in [0.1, 0.15) is 5.75 Å². The molecule has 0 aromatic heterocycles. The predicted molar refractivity (Wildman–Crippen MR) is 50.5 cm³/mol. The highest BCUT2D eigenvalue weighted by Gasteiger charge is 1.95. The van der Waals surface area contributed by atoms with Gasteiger partial charge in [-0.1, -0.05) is 18.2 Å². The standard InChI is InChI=1S/C9H9BrO2/c10-9(11)6-7-12-8-4-2-1-3-5-8/h1-5H,6-7H2. The minimum atomic E-state index is -0.0292. The van der Waals surface area contributed by atoms with Crippen molar-refractivity contribution in [3.63, 3.8) is 0 Å². The number of para-hydroxylation sites is 1. The van der Waals surface area contributed by atoms with Crippen molar-refractivity contribution in [1.29, 1.82) is 0 Å². The summed E-state index contributed by atoms with van der Waals surface area (Å²) in [5, 5.41) is 0. The fourth-order valence-corrected chi connectivity index (χ4v) is 0.928. The van der Waals surface area contributed by atoms with Crippen molar-refractivity contribution in [1.82, 2.24) is 0 Å². The molecule has 0 bridgehead atoms. The number of benzene rings is 1. The van der Waals surface area contributed by atoms with Crippen LogP contribution in [0.2, 0.25) is 0 Å². The summed E-state index contributed by atoms with van der Waals surface area (Å²) in [5.41, 5.74) is 0. The van der Waals surface area contributed by atoms with E-state index in [4.69, 9.17) is 4.74 Å². The van der Waals surface area contributed by atoms with Crippen LogP contribution in [-0.4, -0.2) is 11.3 Å². The van der Waals surface area contributed by atoms with Gasteiger partial charge < -0.3 is 4.74 Å². The third-order valence-electron chi connectivity index (χ3n) is 1.31. The Kier molecular flexibility index (Phi) is 3.80. The van der Waals surface area contributed by atoms with E-state index in [-0.39, 0.29) is 4.69 Å². The molecule has 0 unspecified atom stereocenters. The van der Waals surface area contributed by atoms with E-state index in [1.54, 1.807) is 0 Å². The van der Waals surface area contributed by atoms with Crippen molar-refractivity contribution in [2.24, 2.45) is 0 Å². The Bertz CT molecular complexity index is 246. The number of halogens is 1. The van der Waals surface area contributed by atoms with Crippen LogP contribution in [0.3, 0.4) is 0 Å². The zero-order chi connectivity index (χ0) is 8.81. The molecule has 64 valence electrons. The number of ether oxygens (including phenoxy) is 1. The minimum absolute atomic E-state index is 0.0292.